The van der Waals surface area contributed by atoms with Crippen LogP contribution in [-0.2, 0) is 0 Å². The average molecular weight is 408 g/mol. The fourth-order valence-electron chi connectivity index (χ4n) is 4.30. The lowest BCUT2D eigenvalue weighted by atomic mass is 9.89. The maximum absolute atomic E-state index is 13.4. The molecular formula is C23H25FN4O2. The first-order valence-electron chi connectivity index (χ1n) is 10.5. The lowest BCUT2D eigenvalue weighted by molar-refractivity contribution is 0.0713. The van der Waals surface area contributed by atoms with Gasteiger partial charge in [0.2, 0.25) is 5.71 Å². The van der Waals surface area contributed by atoms with Crippen LogP contribution in [0, 0.1) is 12.7 Å². The van der Waals surface area contributed by atoms with Crippen molar-refractivity contribution in [2.75, 3.05) is 18.4 Å². The number of nitrogens with one attached hydrogen (secondary N) is 1. The Kier molecular flexibility index (Phi) is 4.49. The van der Waals surface area contributed by atoms with E-state index in [2.05, 4.69) is 22.2 Å². The van der Waals surface area contributed by atoms with Crippen LogP contribution in [0.15, 0.2) is 35.0 Å². The Morgan fingerprint density at radius 3 is 2.57 bits per heavy atom. The molecule has 3 heterocycles. The molecule has 1 aromatic carbocycles. The number of halogens is 1. The molecule has 0 atom stereocenters. The van der Waals surface area contributed by atoms with E-state index >= 15 is 0 Å². The maximum Gasteiger partial charge on any atom is 0.258 e. The minimum Gasteiger partial charge on any atom is -0.442 e. The Morgan fingerprint density at radius 2 is 1.90 bits per heavy atom. The van der Waals surface area contributed by atoms with Crippen molar-refractivity contribution in [3.05, 3.63) is 53.3 Å². The number of anilines is 1. The number of amides is 1. The number of aryl methyl sites for hydroxylation is 1. The normalized spacial score (nSPS) is 18.6. The van der Waals surface area contributed by atoms with Gasteiger partial charge in [0, 0.05) is 18.6 Å². The van der Waals surface area contributed by atoms with Crippen molar-refractivity contribution in [1.29, 1.82) is 0 Å². The zero-order valence-corrected chi connectivity index (χ0v) is 17.2. The Labute approximate surface area is 174 Å². The number of rotatable bonds is 4. The SMILES string of the molecule is Cc1oc2ncnc(NC3(C)CC3)c2c1C(=O)N1CCC(c2ccc(F)cc2)CC1. The van der Waals surface area contributed by atoms with Crippen molar-refractivity contribution in [3.8, 4) is 0 Å². The Morgan fingerprint density at radius 1 is 1.20 bits per heavy atom. The van der Waals surface area contributed by atoms with Crippen LogP contribution in [0.4, 0.5) is 10.2 Å². The maximum atomic E-state index is 13.4. The number of likely N-dealkylation sites (tertiary alicyclic amines) is 1. The highest BCUT2D eigenvalue weighted by Crippen LogP contribution is 2.40. The highest BCUT2D eigenvalue weighted by atomic mass is 19.1. The number of hydrogen-bond acceptors (Lipinski definition) is 5. The van der Waals surface area contributed by atoms with Crippen molar-refractivity contribution in [3.63, 3.8) is 0 Å². The molecule has 1 aliphatic carbocycles. The quantitative estimate of drug-likeness (QED) is 0.680. The fraction of sp³-hybridized carbons (Fsp3) is 0.435. The zero-order valence-electron chi connectivity index (χ0n) is 17.2. The molecule has 1 saturated heterocycles. The molecule has 30 heavy (non-hydrogen) atoms. The van der Waals surface area contributed by atoms with Crippen LogP contribution in [0.3, 0.4) is 0 Å². The summed E-state index contributed by atoms with van der Waals surface area (Å²) in [4.78, 5) is 24.0. The number of furan rings is 1. The van der Waals surface area contributed by atoms with Gasteiger partial charge in [0.05, 0.1) is 10.9 Å². The summed E-state index contributed by atoms with van der Waals surface area (Å²) in [5, 5.41) is 4.14. The molecule has 0 bridgehead atoms. The highest BCUT2D eigenvalue weighted by molar-refractivity contribution is 6.10. The largest absolute Gasteiger partial charge is 0.442 e. The molecule has 0 unspecified atom stereocenters. The monoisotopic (exact) mass is 408 g/mol. The fourth-order valence-corrected chi connectivity index (χ4v) is 4.30. The Balaban J connectivity index is 1.39. The number of benzene rings is 1. The summed E-state index contributed by atoms with van der Waals surface area (Å²) in [6.07, 6.45) is 5.34. The number of carbonyl (C=O) groups excluding carboxylic acids is 1. The molecule has 6 nitrogen and oxygen atoms in total. The van der Waals surface area contributed by atoms with E-state index in [-0.39, 0.29) is 17.3 Å². The van der Waals surface area contributed by atoms with Gasteiger partial charge in [-0.15, -0.1) is 0 Å². The van der Waals surface area contributed by atoms with Crippen LogP contribution in [0.25, 0.3) is 11.1 Å². The molecule has 0 spiro atoms. The standard InChI is InChI=1S/C23H25FN4O2/c1-14-18(19-20(27-23(2)9-10-23)25-13-26-21(19)30-14)22(29)28-11-7-16(8-12-28)15-3-5-17(24)6-4-15/h3-6,13,16H,7-12H2,1-2H3,(H,25,26,27). The van der Waals surface area contributed by atoms with Crippen LogP contribution in [0.2, 0.25) is 0 Å². The van der Waals surface area contributed by atoms with Crippen LogP contribution in [0.5, 0.6) is 0 Å². The summed E-state index contributed by atoms with van der Waals surface area (Å²) in [5.41, 5.74) is 2.16. The molecule has 7 heteroatoms. The van der Waals surface area contributed by atoms with E-state index in [0.717, 1.165) is 31.2 Å². The first kappa shape index (κ1) is 19.0. The summed E-state index contributed by atoms with van der Waals surface area (Å²) < 4.78 is 19.0. The van der Waals surface area contributed by atoms with Gasteiger partial charge in [-0.05, 0) is 63.1 Å². The van der Waals surface area contributed by atoms with E-state index < -0.39 is 0 Å². The molecule has 1 N–H and O–H groups in total. The third-order valence-corrected chi connectivity index (χ3v) is 6.42. The third-order valence-electron chi connectivity index (χ3n) is 6.42. The summed E-state index contributed by atoms with van der Waals surface area (Å²) in [5.74, 6) is 1.32. The first-order chi connectivity index (χ1) is 14.4. The minimum absolute atomic E-state index is 0.0281. The van der Waals surface area contributed by atoms with Crippen molar-refractivity contribution < 1.29 is 13.6 Å². The lowest BCUT2D eigenvalue weighted by Gasteiger charge is -2.32. The Hall–Kier alpha value is -2.96. The molecule has 2 fully saturated rings. The number of aromatic nitrogens is 2. The molecule has 5 rings (SSSR count). The van der Waals surface area contributed by atoms with Crippen LogP contribution < -0.4 is 5.32 Å². The van der Waals surface area contributed by atoms with Crippen LogP contribution in [-0.4, -0.2) is 39.4 Å². The number of piperidine rings is 1. The van der Waals surface area contributed by atoms with E-state index in [9.17, 15) is 9.18 Å². The van der Waals surface area contributed by atoms with Gasteiger partial charge in [0.1, 0.15) is 23.7 Å². The van der Waals surface area contributed by atoms with Crippen molar-refractivity contribution in [2.45, 2.75) is 51.0 Å². The van der Waals surface area contributed by atoms with E-state index in [1.807, 2.05) is 24.0 Å². The summed E-state index contributed by atoms with van der Waals surface area (Å²) in [7, 11) is 0. The molecular weight excluding hydrogens is 383 g/mol. The number of nitrogens with zero attached hydrogens (tertiary/aromatic N) is 3. The molecule has 1 aliphatic heterocycles. The number of carbonyl (C=O) groups is 1. The van der Waals surface area contributed by atoms with Crippen LogP contribution in [0.1, 0.15) is 60.2 Å². The molecule has 3 aromatic rings. The van der Waals surface area contributed by atoms with E-state index in [0.29, 0.717) is 47.2 Å². The minimum atomic E-state index is -0.222. The second kappa shape index (κ2) is 7.07. The lowest BCUT2D eigenvalue weighted by Crippen LogP contribution is -2.38. The number of fused-ring (bicyclic) bond motifs is 1. The summed E-state index contributed by atoms with van der Waals surface area (Å²) in [6.45, 7) is 5.26. The van der Waals surface area contributed by atoms with E-state index in [1.165, 1.54) is 18.5 Å². The number of hydrogen-bond donors (Lipinski definition) is 1. The van der Waals surface area contributed by atoms with Gasteiger partial charge >= 0.3 is 0 Å². The molecule has 156 valence electrons. The second-order valence-corrected chi connectivity index (χ2v) is 8.74. The van der Waals surface area contributed by atoms with Gasteiger partial charge in [-0.1, -0.05) is 12.1 Å². The predicted octanol–water partition coefficient (Wildman–Crippen LogP) is 4.65. The molecule has 1 amide bonds. The average Bonchev–Trinajstić information content (AvgIpc) is 3.36. The molecule has 1 saturated carbocycles. The topological polar surface area (TPSA) is 71.3 Å². The van der Waals surface area contributed by atoms with Gasteiger partial charge in [-0.25, -0.2) is 14.4 Å². The molecule has 2 aliphatic rings. The first-order valence-corrected chi connectivity index (χ1v) is 10.5. The van der Waals surface area contributed by atoms with Gasteiger partial charge < -0.3 is 14.6 Å². The summed E-state index contributed by atoms with van der Waals surface area (Å²) in [6, 6.07) is 6.70. The van der Waals surface area contributed by atoms with Crippen molar-refractivity contribution >= 4 is 22.8 Å². The van der Waals surface area contributed by atoms with Crippen LogP contribution >= 0.6 is 0 Å². The van der Waals surface area contributed by atoms with Gasteiger partial charge in [-0.3, -0.25) is 4.79 Å². The third kappa shape index (κ3) is 3.42. The zero-order chi connectivity index (χ0) is 20.9. The highest BCUT2D eigenvalue weighted by Gasteiger charge is 2.39. The van der Waals surface area contributed by atoms with Gasteiger partial charge in [0.15, 0.2) is 0 Å². The van der Waals surface area contributed by atoms with E-state index in [1.54, 1.807) is 0 Å². The van der Waals surface area contributed by atoms with E-state index in [4.69, 9.17) is 4.42 Å². The smallest absolute Gasteiger partial charge is 0.258 e. The molecule has 0 radical (unpaired) electrons. The van der Waals surface area contributed by atoms with Gasteiger partial charge in [-0.2, -0.15) is 0 Å². The van der Waals surface area contributed by atoms with Gasteiger partial charge in [0.25, 0.3) is 5.91 Å². The van der Waals surface area contributed by atoms with Crippen molar-refractivity contribution in [2.24, 2.45) is 0 Å². The van der Waals surface area contributed by atoms with Crippen molar-refractivity contribution in [1.82, 2.24) is 14.9 Å². The summed E-state index contributed by atoms with van der Waals surface area (Å²) >= 11 is 0. The Bertz CT molecular complexity index is 1100. The second-order valence-electron chi connectivity index (χ2n) is 8.74. The molecule has 2 aromatic heterocycles. The predicted molar refractivity (Wildman–Crippen MR) is 112 cm³/mol.